The van der Waals surface area contributed by atoms with E-state index in [2.05, 4.69) is 86.9 Å². The van der Waals surface area contributed by atoms with Crippen molar-refractivity contribution in [3.05, 3.63) is 89.0 Å². The zero-order valence-electron chi connectivity index (χ0n) is 20.6. The summed E-state index contributed by atoms with van der Waals surface area (Å²) in [5.74, 6) is 1.87. The van der Waals surface area contributed by atoms with Crippen LogP contribution in [0.1, 0.15) is 61.8 Å². The maximum absolute atomic E-state index is 5.75. The molecule has 0 heterocycles. The molecule has 0 N–H and O–H groups in total. The Morgan fingerprint density at radius 3 is 1.59 bits per heavy atom. The van der Waals surface area contributed by atoms with Crippen molar-refractivity contribution in [1.29, 1.82) is 0 Å². The second-order valence-electron chi connectivity index (χ2n) is 8.21. The van der Waals surface area contributed by atoms with Crippen molar-refractivity contribution >= 4 is 36.1 Å². The monoisotopic (exact) mass is 472 g/mol. The Labute approximate surface area is 209 Å². The Hall–Kier alpha value is -2.91. The van der Waals surface area contributed by atoms with E-state index in [-0.39, 0.29) is 0 Å². The maximum atomic E-state index is 5.75. The second-order valence-corrected chi connectivity index (χ2v) is 9.06. The van der Waals surface area contributed by atoms with E-state index in [1.165, 1.54) is 27.1 Å². The summed E-state index contributed by atoms with van der Waals surface area (Å²) >= 11 is 1.77. The van der Waals surface area contributed by atoms with Crippen molar-refractivity contribution in [2.75, 3.05) is 19.5 Å². The number of ether oxygens (including phenoxy) is 2. The van der Waals surface area contributed by atoms with Crippen LogP contribution in [0.15, 0.2) is 71.6 Å². The molecule has 0 atom stereocenters. The van der Waals surface area contributed by atoms with Crippen molar-refractivity contribution in [1.82, 2.24) is 0 Å². The summed E-state index contributed by atoms with van der Waals surface area (Å²) in [5.41, 5.74) is 4.75. The summed E-state index contributed by atoms with van der Waals surface area (Å²) in [6, 6.07) is 23.2. The lowest BCUT2D eigenvalue weighted by Gasteiger charge is -2.06. The highest BCUT2D eigenvalue weighted by Gasteiger charge is 2.01. The highest BCUT2D eigenvalue weighted by Crippen LogP contribution is 2.25. The third kappa shape index (κ3) is 8.46. The van der Waals surface area contributed by atoms with E-state index < -0.39 is 0 Å². The van der Waals surface area contributed by atoms with Crippen molar-refractivity contribution < 1.29 is 9.47 Å². The van der Waals surface area contributed by atoms with Gasteiger partial charge in [-0.15, -0.1) is 11.8 Å². The quantitative estimate of drug-likeness (QED) is 0.140. The molecule has 3 heteroatoms. The smallest absolute Gasteiger partial charge is 0.119 e. The molecule has 0 aliphatic rings. The lowest BCUT2D eigenvalue weighted by Crippen LogP contribution is -1.95. The van der Waals surface area contributed by atoms with Crippen LogP contribution in [-0.2, 0) is 0 Å². The normalized spacial score (nSPS) is 11.4. The van der Waals surface area contributed by atoms with Crippen LogP contribution in [0.25, 0.3) is 24.3 Å². The molecule has 0 amide bonds. The van der Waals surface area contributed by atoms with E-state index in [0.717, 1.165) is 50.4 Å². The van der Waals surface area contributed by atoms with Gasteiger partial charge in [-0.3, -0.25) is 0 Å². The van der Waals surface area contributed by atoms with E-state index >= 15 is 0 Å². The molecule has 2 nitrogen and oxygen atoms in total. The third-order valence-corrected chi connectivity index (χ3v) is 6.27. The zero-order valence-corrected chi connectivity index (χ0v) is 21.4. The van der Waals surface area contributed by atoms with Crippen LogP contribution in [0.5, 0.6) is 11.5 Å². The van der Waals surface area contributed by atoms with Crippen LogP contribution in [0, 0.1) is 0 Å². The average molecular weight is 473 g/mol. The molecule has 3 rings (SSSR count). The van der Waals surface area contributed by atoms with Crippen LogP contribution in [0.4, 0.5) is 0 Å². The average Bonchev–Trinajstić information content (AvgIpc) is 2.88. The van der Waals surface area contributed by atoms with Crippen LogP contribution in [0.2, 0.25) is 0 Å². The number of unbranched alkanes of at least 4 members (excludes halogenated alkanes) is 2. The first-order valence-electron chi connectivity index (χ1n) is 12.2. The van der Waals surface area contributed by atoms with Crippen molar-refractivity contribution in [3.8, 4) is 11.5 Å². The Morgan fingerprint density at radius 1 is 0.618 bits per heavy atom. The fourth-order valence-corrected chi connectivity index (χ4v) is 3.99. The molecule has 0 radical (unpaired) electrons. The molecular weight excluding hydrogens is 436 g/mol. The van der Waals surface area contributed by atoms with Gasteiger partial charge in [0.2, 0.25) is 0 Å². The van der Waals surface area contributed by atoms with Crippen molar-refractivity contribution in [2.45, 2.75) is 44.4 Å². The van der Waals surface area contributed by atoms with Gasteiger partial charge in [-0.05, 0) is 71.7 Å². The summed E-state index contributed by atoms with van der Waals surface area (Å²) in [7, 11) is 0. The first-order valence-corrected chi connectivity index (χ1v) is 13.4. The number of rotatable bonds is 13. The van der Waals surface area contributed by atoms with Gasteiger partial charge >= 0.3 is 0 Å². The molecule has 34 heavy (non-hydrogen) atoms. The summed E-state index contributed by atoms with van der Waals surface area (Å²) in [6.45, 7) is 5.91. The molecule has 178 valence electrons. The zero-order chi connectivity index (χ0) is 24.0. The molecule has 3 aromatic rings. The fraction of sp³-hybridized carbons (Fsp3) is 0.290. The van der Waals surface area contributed by atoms with E-state index in [0.29, 0.717) is 0 Å². The number of hydrogen-bond acceptors (Lipinski definition) is 3. The highest BCUT2D eigenvalue weighted by atomic mass is 32.2. The maximum Gasteiger partial charge on any atom is 0.119 e. The lowest BCUT2D eigenvalue weighted by atomic mass is 10.1. The van der Waals surface area contributed by atoms with Crippen LogP contribution >= 0.6 is 11.8 Å². The van der Waals surface area contributed by atoms with Crippen LogP contribution < -0.4 is 9.47 Å². The van der Waals surface area contributed by atoms with Gasteiger partial charge in [0.15, 0.2) is 0 Å². The minimum Gasteiger partial charge on any atom is -0.494 e. The molecule has 0 fully saturated rings. The minimum atomic E-state index is 0.780. The molecular formula is C31H36O2S. The lowest BCUT2D eigenvalue weighted by molar-refractivity contribution is 0.309. The largest absolute Gasteiger partial charge is 0.494 e. The van der Waals surface area contributed by atoms with Gasteiger partial charge in [0.05, 0.1) is 13.2 Å². The number of hydrogen-bond donors (Lipinski definition) is 0. The summed E-state index contributed by atoms with van der Waals surface area (Å²) < 4.78 is 11.5. The summed E-state index contributed by atoms with van der Waals surface area (Å²) in [4.78, 5) is 1.26. The molecule has 3 aromatic carbocycles. The fourth-order valence-electron chi connectivity index (χ4n) is 3.37. The molecule has 0 aromatic heterocycles. The molecule has 0 aliphatic carbocycles. The molecule has 0 aliphatic heterocycles. The molecule has 0 saturated carbocycles. The molecule has 0 spiro atoms. The first-order chi connectivity index (χ1) is 16.7. The van der Waals surface area contributed by atoms with Gasteiger partial charge in [-0.25, -0.2) is 0 Å². The third-order valence-electron chi connectivity index (χ3n) is 5.47. The number of benzene rings is 3. The van der Waals surface area contributed by atoms with Gasteiger partial charge in [0.25, 0.3) is 0 Å². The summed E-state index contributed by atoms with van der Waals surface area (Å²) in [6.07, 6.45) is 15.2. The molecule has 0 bridgehead atoms. The van der Waals surface area contributed by atoms with Crippen LogP contribution in [0.3, 0.4) is 0 Å². The van der Waals surface area contributed by atoms with Gasteiger partial charge in [-0.1, -0.05) is 87.4 Å². The van der Waals surface area contributed by atoms with Crippen molar-refractivity contribution in [2.24, 2.45) is 0 Å². The van der Waals surface area contributed by atoms with Gasteiger partial charge < -0.3 is 9.47 Å². The van der Waals surface area contributed by atoms with E-state index in [1.807, 2.05) is 24.3 Å². The Kier molecular flexibility index (Phi) is 10.9. The van der Waals surface area contributed by atoms with E-state index in [9.17, 15) is 0 Å². The summed E-state index contributed by atoms with van der Waals surface area (Å²) in [5, 5.41) is 0. The Balaban J connectivity index is 1.61. The predicted octanol–water partition coefficient (Wildman–Crippen LogP) is 9.11. The first kappa shape index (κ1) is 25.7. The van der Waals surface area contributed by atoms with Crippen molar-refractivity contribution in [3.63, 3.8) is 0 Å². The van der Waals surface area contributed by atoms with Gasteiger partial charge in [-0.2, -0.15) is 0 Å². The highest BCUT2D eigenvalue weighted by molar-refractivity contribution is 7.98. The topological polar surface area (TPSA) is 18.5 Å². The van der Waals surface area contributed by atoms with Gasteiger partial charge in [0.1, 0.15) is 11.5 Å². The standard InChI is InChI=1S/C31H36O2S/c1-4-6-22-32-29-18-12-25(13-19-29)8-9-27-11-17-28(31(24-27)34-3)16-10-26-14-20-30(21-15-26)33-23-7-5-2/h8-21,24H,4-7,22-23H2,1-3H3/b9-8+,16-10+. The van der Waals surface area contributed by atoms with E-state index in [4.69, 9.17) is 9.47 Å². The second kappa shape index (κ2) is 14.4. The minimum absolute atomic E-state index is 0.780. The SMILES string of the molecule is CCCCOc1ccc(/C=C/c2ccc(/C=C/c3ccc(OCCCC)cc3)c(SC)c2)cc1. The number of thioether (sulfide) groups is 1. The Bertz CT molecular complexity index is 1050. The van der Waals surface area contributed by atoms with Gasteiger partial charge in [0, 0.05) is 4.90 Å². The molecule has 0 saturated heterocycles. The van der Waals surface area contributed by atoms with Crippen LogP contribution in [-0.4, -0.2) is 19.5 Å². The predicted molar refractivity (Wildman–Crippen MR) is 150 cm³/mol. The van der Waals surface area contributed by atoms with E-state index in [1.54, 1.807) is 11.8 Å². The Morgan fingerprint density at radius 2 is 1.09 bits per heavy atom. The molecule has 0 unspecified atom stereocenters.